The minimum Gasteiger partial charge on any atom is -0.391 e. The van der Waals surface area contributed by atoms with Gasteiger partial charge in [-0.2, -0.15) is 0 Å². The van der Waals surface area contributed by atoms with Crippen LogP contribution in [0.5, 0.6) is 0 Å². The minimum absolute atomic E-state index is 0.0967. The van der Waals surface area contributed by atoms with Crippen molar-refractivity contribution in [1.29, 1.82) is 0 Å². The van der Waals surface area contributed by atoms with Gasteiger partial charge in [0.15, 0.2) is 0 Å². The van der Waals surface area contributed by atoms with Crippen molar-refractivity contribution < 1.29 is 14.6 Å². The monoisotopic (exact) mass is 230 g/mol. The first-order chi connectivity index (χ1) is 7.76. The third kappa shape index (κ3) is 5.28. The van der Waals surface area contributed by atoms with E-state index in [0.717, 1.165) is 13.0 Å². The van der Waals surface area contributed by atoms with Gasteiger partial charge in [-0.25, -0.2) is 0 Å². The molecule has 1 fully saturated rings. The van der Waals surface area contributed by atoms with E-state index in [1.165, 1.54) is 25.7 Å². The molecular weight excluding hydrogens is 204 g/mol. The van der Waals surface area contributed by atoms with Crippen molar-refractivity contribution in [2.24, 2.45) is 5.92 Å². The Labute approximate surface area is 99.1 Å². The fraction of sp³-hybridized carbons (Fsp3) is 1.00. The van der Waals surface area contributed by atoms with E-state index in [1.54, 1.807) is 0 Å². The molecule has 3 heteroatoms. The smallest absolute Gasteiger partial charge is 0.0834 e. The second kappa shape index (κ2) is 8.04. The van der Waals surface area contributed by atoms with Crippen molar-refractivity contribution in [1.82, 2.24) is 0 Å². The highest BCUT2D eigenvalue weighted by molar-refractivity contribution is 4.70. The Hall–Kier alpha value is -0.120. The summed E-state index contributed by atoms with van der Waals surface area (Å²) in [4.78, 5) is 0. The highest BCUT2D eigenvalue weighted by atomic mass is 16.5. The first kappa shape index (κ1) is 13.9. The van der Waals surface area contributed by atoms with Crippen LogP contribution in [0.25, 0.3) is 0 Å². The van der Waals surface area contributed by atoms with Gasteiger partial charge in [-0.1, -0.05) is 33.1 Å². The molecule has 96 valence electrons. The first-order valence-electron chi connectivity index (χ1n) is 6.63. The van der Waals surface area contributed by atoms with Gasteiger partial charge in [0.1, 0.15) is 0 Å². The van der Waals surface area contributed by atoms with Gasteiger partial charge in [0.25, 0.3) is 0 Å². The number of ether oxygens (including phenoxy) is 2. The standard InChI is InChI=1S/C13H26O3/c1-3-5-6-11(4-2)8-16-13-7-12(14)9-15-10-13/h11-14H,3-10H2,1-2H3. The normalized spacial score (nSPS) is 27.9. The lowest BCUT2D eigenvalue weighted by atomic mass is 10.0. The molecule has 0 aliphatic carbocycles. The Morgan fingerprint density at radius 2 is 2.19 bits per heavy atom. The maximum atomic E-state index is 9.44. The third-order valence-electron chi connectivity index (χ3n) is 3.26. The molecule has 16 heavy (non-hydrogen) atoms. The van der Waals surface area contributed by atoms with Gasteiger partial charge >= 0.3 is 0 Å². The third-order valence-corrected chi connectivity index (χ3v) is 3.26. The van der Waals surface area contributed by atoms with Gasteiger partial charge in [0.05, 0.1) is 25.4 Å². The van der Waals surface area contributed by atoms with Gasteiger partial charge in [0, 0.05) is 13.0 Å². The Morgan fingerprint density at radius 3 is 2.81 bits per heavy atom. The van der Waals surface area contributed by atoms with Crippen LogP contribution in [0.1, 0.15) is 46.0 Å². The maximum Gasteiger partial charge on any atom is 0.0834 e. The fourth-order valence-electron chi connectivity index (χ4n) is 2.06. The van der Waals surface area contributed by atoms with E-state index in [1.807, 2.05) is 0 Å². The summed E-state index contributed by atoms with van der Waals surface area (Å²) in [5.41, 5.74) is 0. The van der Waals surface area contributed by atoms with Crippen molar-refractivity contribution in [2.45, 2.75) is 58.2 Å². The van der Waals surface area contributed by atoms with Gasteiger partial charge in [-0.05, 0) is 12.3 Å². The van der Waals surface area contributed by atoms with E-state index in [2.05, 4.69) is 13.8 Å². The Morgan fingerprint density at radius 1 is 1.38 bits per heavy atom. The zero-order valence-corrected chi connectivity index (χ0v) is 10.7. The van der Waals surface area contributed by atoms with Crippen LogP contribution in [0, 0.1) is 5.92 Å². The van der Waals surface area contributed by atoms with Crippen LogP contribution < -0.4 is 0 Å². The molecule has 1 N–H and O–H groups in total. The fourth-order valence-corrected chi connectivity index (χ4v) is 2.06. The summed E-state index contributed by atoms with van der Waals surface area (Å²) < 4.78 is 11.1. The average Bonchev–Trinajstić information content (AvgIpc) is 2.29. The minimum atomic E-state index is -0.338. The van der Waals surface area contributed by atoms with Crippen molar-refractivity contribution >= 4 is 0 Å². The summed E-state index contributed by atoms with van der Waals surface area (Å²) in [6.07, 6.45) is 5.45. The van der Waals surface area contributed by atoms with Crippen LogP contribution in [0.4, 0.5) is 0 Å². The van der Waals surface area contributed by atoms with Crippen molar-refractivity contribution in [3.05, 3.63) is 0 Å². The van der Waals surface area contributed by atoms with E-state index in [9.17, 15) is 5.11 Å². The molecular formula is C13H26O3. The molecule has 0 amide bonds. The summed E-state index contributed by atoms with van der Waals surface area (Å²) in [5.74, 6) is 0.666. The van der Waals surface area contributed by atoms with Crippen molar-refractivity contribution in [3.8, 4) is 0 Å². The molecule has 3 nitrogen and oxygen atoms in total. The summed E-state index contributed by atoms with van der Waals surface area (Å²) in [6.45, 7) is 6.36. The molecule has 0 radical (unpaired) electrons. The van der Waals surface area contributed by atoms with Crippen molar-refractivity contribution in [2.75, 3.05) is 19.8 Å². The second-order valence-electron chi connectivity index (χ2n) is 4.80. The van der Waals surface area contributed by atoms with E-state index in [0.29, 0.717) is 19.1 Å². The van der Waals surface area contributed by atoms with Gasteiger partial charge in [0.2, 0.25) is 0 Å². The lowest BCUT2D eigenvalue weighted by Crippen LogP contribution is -2.35. The molecule has 1 rings (SSSR count). The number of aliphatic hydroxyl groups excluding tert-OH is 1. The molecule has 0 aromatic heterocycles. The molecule has 1 aliphatic heterocycles. The van der Waals surface area contributed by atoms with Crippen LogP contribution in [-0.2, 0) is 9.47 Å². The van der Waals surface area contributed by atoms with Gasteiger partial charge < -0.3 is 14.6 Å². The molecule has 1 heterocycles. The Balaban J connectivity index is 2.15. The molecule has 3 unspecified atom stereocenters. The zero-order chi connectivity index (χ0) is 11.8. The number of hydrogen-bond donors (Lipinski definition) is 1. The van der Waals surface area contributed by atoms with E-state index < -0.39 is 0 Å². The number of unbranched alkanes of at least 4 members (excludes halogenated alkanes) is 1. The molecule has 1 saturated heterocycles. The first-order valence-corrected chi connectivity index (χ1v) is 6.63. The quantitative estimate of drug-likeness (QED) is 0.729. The lowest BCUT2D eigenvalue weighted by Gasteiger charge is -2.27. The lowest BCUT2D eigenvalue weighted by molar-refractivity contribution is -0.105. The molecule has 1 aliphatic rings. The van der Waals surface area contributed by atoms with Crippen LogP contribution in [0.15, 0.2) is 0 Å². The second-order valence-corrected chi connectivity index (χ2v) is 4.80. The van der Waals surface area contributed by atoms with Crippen LogP contribution in [-0.4, -0.2) is 37.1 Å². The van der Waals surface area contributed by atoms with Gasteiger partial charge in [-0.15, -0.1) is 0 Å². The van der Waals surface area contributed by atoms with E-state index >= 15 is 0 Å². The topological polar surface area (TPSA) is 38.7 Å². The van der Waals surface area contributed by atoms with Crippen LogP contribution >= 0.6 is 0 Å². The largest absolute Gasteiger partial charge is 0.391 e. The SMILES string of the molecule is CCCCC(CC)COC1COCC(O)C1. The van der Waals surface area contributed by atoms with Crippen LogP contribution in [0.2, 0.25) is 0 Å². The molecule has 0 spiro atoms. The Bertz CT molecular complexity index is 173. The van der Waals surface area contributed by atoms with E-state index in [-0.39, 0.29) is 12.2 Å². The predicted molar refractivity (Wildman–Crippen MR) is 64.5 cm³/mol. The zero-order valence-electron chi connectivity index (χ0n) is 10.7. The summed E-state index contributed by atoms with van der Waals surface area (Å²) in [5, 5.41) is 9.44. The highest BCUT2D eigenvalue weighted by Gasteiger charge is 2.22. The molecule has 0 saturated carbocycles. The summed E-state index contributed by atoms with van der Waals surface area (Å²) >= 11 is 0. The number of aliphatic hydroxyl groups is 1. The van der Waals surface area contributed by atoms with Crippen molar-refractivity contribution in [3.63, 3.8) is 0 Å². The molecule has 0 bridgehead atoms. The number of hydrogen-bond acceptors (Lipinski definition) is 3. The predicted octanol–water partition coefficient (Wildman–Crippen LogP) is 2.37. The highest BCUT2D eigenvalue weighted by Crippen LogP contribution is 2.16. The summed E-state index contributed by atoms with van der Waals surface area (Å²) in [6, 6.07) is 0. The molecule has 3 atom stereocenters. The van der Waals surface area contributed by atoms with Gasteiger partial charge in [-0.3, -0.25) is 0 Å². The maximum absolute atomic E-state index is 9.44. The average molecular weight is 230 g/mol. The van der Waals surface area contributed by atoms with Crippen LogP contribution in [0.3, 0.4) is 0 Å². The van der Waals surface area contributed by atoms with E-state index in [4.69, 9.17) is 9.47 Å². The summed E-state index contributed by atoms with van der Waals surface area (Å²) in [7, 11) is 0. The Kier molecular flexibility index (Phi) is 7.01. The number of rotatable bonds is 7. The molecule has 0 aromatic rings. The molecule has 0 aromatic carbocycles.